The van der Waals surface area contributed by atoms with Crippen LogP contribution in [0.15, 0.2) is 45.9 Å². The lowest BCUT2D eigenvalue weighted by Gasteiger charge is -2.28. The van der Waals surface area contributed by atoms with Crippen LogP contribution < -0.4 is 4.72 Å². The molecule has 1 aromatic carbocycles. The summed E-state index contributed by atoms with van der Waals surface area (Å²) in [5.41, 5.74) is 0.185. The highest BCUT2D eigenvalue weighted by Gasteiger charge is 2.24. The van der Waals surface area contributed by atoms with E-state index in [1.165, 1.54) is 25.1 Å². The summed E-state index contributed by atoms with van der Waals surface area (Å²) < 4.78 is 33.3. The van der Waals surface area contributed by atoms with E-state index in [0.29, 0.717) is 11.3 Å². The van der Waals surface area contributed by atoms with Crippen molar-refractivity contribution < 1.29 is 17.8 Å². The number of furan rings is 1. The lowest BCUT2D eigenvalue weighted by Crippen LogP contribution is -2.37. The predicted octanol–water partition coefficient (Wildman–Crippen LogP) is 2.86. The molecule has 0 saturated carbocycles. The number of benzene rings is 1. The Bertz CT molecular complexity index is 845. The second-order valence-corrected chi connectivity index (χ2v) is 7.58. The van der Waals surface area contributed by atoms with Crippen LogP contribution in [-0.4, -0.2) is 37.9 Å². The van der Waals surface area contributed by atoms with Crippen LogP contribution in [0.2, 0.25) is 0 Å². The van der Waals surface area contributed by atoms with Gasteiger partial charge in [0, 0.05) is 18.2 Å². The molecule has 8 nitrogen and oxygen atoms in total. The summed E-state index contributed by atoms with van der Waals surface area (Å²) in [6.45, 7) is 7.11. The van der Waals surface area contributed by atoms with E-state index in [9.17, 15) is 18.5 Å². The number of rotatable bonds is 9. The summed E-state index contributed by atoms with van der Waals surface area (Å²) in [5, 5.41) is 10.9. The van der Waals surface area contributed by atoms with Gasteiger partial charge in [0.15, 0.2) is 0 Å². The maximum Gasteiger partial charge on any atom is 0.272 e. The molecule has 0 aliphatic rings. The van der Waals surface area contributed by atoms with Crippen LogP contribution in [0.25, 0.3) is 0 Å². The molecule has 0 saturated heterocycles. The molecular weight excluding hydrogens is 358 g/mol. The molecule has 0 bridgehead atoms. The van der Waals surface area contributed by atoms with Crippen LogP contribution in [0.5, 0.6) is 0 Å². The van der Waals surface area contributed by atoms with Gasteiger partial charge in [0.2, 0.25) is 10.0 Å². The third kappa shape index (κ3) is 4.48. The Balaban J connectivity index is 2.22. The van der Waals surface area contributed by atoms with Gasteiger partial charge in [0.05, 0.1) is 22.1 Å². The number of likely N-dealkylation sites (N-methyl/N-ethyl adjacent to an activating group) is 1. The first-order valence-corrected chi connectivity index (χ1v) is 9.80. The zero-order valence-corrected chi connectivity index (χ0v) is 15.8. The minimum atomic E-state index is -3.80. The summed E-state index contributed by atoms with van der Waals surface area (Å²) in [6, 6.07) is 7.09. The molecule has 1 N–H and O–H groups in total. The SMILES string of the molecule is CCN(CC)C(CNS(=O)(=O)c1ccc([N+](=O)[O-])c(C)c1)c1ccco1. The van der Waals surface area contributed by atoms with Crippen molar-refractivity contribution in [1.29, 1.82) is 0 Å². The Hall–Kier alpha value is -2.23. The fraction of sp³-hybridized carbons (Fsp3) is 0.412. The maximum atomic E-state index is 12.6. The van der Waals surface area contributed by atoms with Crippen molar-refractivity contribution in [3.8, 4) is 0 Å². The maximum absolute atomic E-state index is 12.6. The fourth-order valence-corrected chi connectivity index (χ4v) is 3.95. The number of nitro benzene ring substituents is 1. The van der Waals surface area contributed by atoms with Crippen molar-refractivity contribution in [3.05, 3.63) is 58.0 Å². The molecule has 1 unspecified atom stereocenters. The summed E-state index contributed by atoms with van der Waals surface area (Å²) in [7, 11) is -3.80. The highest BCUT2D eigenvalue weighted by atomic mass is 32.2. The Morgan fingerprint density at radius 1 is 1.27 bits per heavy atom. The van der Waals surface area contributed by atoms with Gasteiger partial charge in [0.25, 0.3) is 5.69 Å². The molecule has 0 amide bonds. The molecule has 9 heteroatoms. The van der Waals surface area contributed by atoms with E-state index in [1.807, 2.05) is 19.9 Å². The van der Waals surface area contributed by atoms with Gasteiger partial charge in [-0.05, 0) is 44.3 Å². The largest absolute Gasteiger partial charge is 0.468 e. The molecule has 2 aromatic rings. The third-order valence-electron chi connectivity index (χ3n) is 4.27. The summed E-state index contributed by atoms with van der Waals surface area (Å²) >= 11 is 0. The van der Waals surface area contributed by atoms with Gasteiger partial charge in [-0.2, -0.15) is 0 Å². The first-order chi connectivity index (χ1) is 12.3. The van der Waals surface area contributed by atoms with Crippen molar-refractivity contribution in [2.45, 2.75) is 31.7 Å². The summed E-state index contributed by atoms with van der Waals surface area (Å²) in [5.74, 6) is 0.677. The number of nitrogens with zero attached hydrogens (tertiary/aromatic N) is 2. The first kappa shape index (κ1) is 20.1. The van der Waals surface area contributed by atoms with Crippen molar-refractivity contribution >= 4 is 15.7 Å². The van der Waals surface area contributed by atoms with E-state index in [-0.39, 0.29) is 23.2 Å². The molecule has 1 heterocycles. The second-order valence-electron chi connectivity index (χ2n) is 5.81. The van der Waals surface area contributed by atoms with E-state index < -0.39 is 14.9 Å². The van der Waals surface area contributed by atoms with Crippen LogP contribution in [-0.2, 0) is 10.0 Å². The van der Waals surface area contributed by atoms with Gasteiger partial charge in [-0.15, -0.1) is 0 Å². The van der Waals surface area contributed by atoms with Gasteiger partial charge in [-0.3, -0.25) is 15.0 Å². The second kappa shape index (κ2) is 8.43. The van der Waals surface area contributed by atoms with Crippen molar-refractivity contribution in [2.75, 3.05) is 19.6 Å². The van der Waals surface area contributed by atoms with Crippen molar-refractivity contribution in [1.82, 2.24) is 9.62 Å². The van der Waals surface area contributed by atoms with Crippen LogP contribution in [0.4, 0.5) is 5.69 Å². The third-order valence-corrected chi connectivity index (χ3v) is 5.69. The Morgan fingerprint density at radius 3 is 2.46 bits per heavy atom. The quantitative estimate of drug-likeness (QED) is 0.529. The summed E-state index contributed by atoms with van der Waals surface area (Å²) in [6.07, 6.45) is 1.56. The molecule has 2 rings (SSSR count). The average Bonchev–Trinajstić information content (AvgIpc) is 3.12. The molecule has 1 atom stereocenters. The Kier molecular flexibility index (Phi) is 6.52. The monoisotopic (exact) mass is 381 g/mol. The zero-order chi connectivity index (χ0) is 19.3. The van der Waals surface area contributed by atoms with Crippen molar-refractivity contribution in [2.24, 2.45) is 0 Å². The lowest BCUT2D eigenvalue weighted by molar-refractivity contribution is -0.385. The van der Waals surface area contributed by atoms with Crippen molar-refractivity contribution in [3.63, 3.8) is 0 Å². The molecule has 0 aliphatic carbocycles. The average molecular weight is 381 g/mol. The molecule has 1 aromatic heterocycles. The van der Waals surface area contributed by atoms with Gasteiger partial charge in [0.1, 0.15) is 5.76 Å². The minimum Gasteiger partial charge on any atom is -0.468 e. The van der Waals surface area contributed by atoms with Crippen LogP contribution >= 0.6 is 0 Å². The number of hydrogen-bond donors (Lipinski definition) is 1. The van der Waals surface area contributed by atoms with Crippen LogP contribution in [0.3, 0.4) is 0 Å². The molecule has 0 fully saturated rings. The number of hydrogen-bond acceptors (Lipinski definition) is 6. The van der Waals surface area contributed by atoms with Gasteiger partial charge >= 0.3 is 0 Å². The zero-order valence-electron chi connectivity index (χ0n) is 15.0. The Labute approximate surface area is 153 Å². The number of nitro groups is 1. The molecule has 142 valence electrons. The molecule has 0 aliphatic heterocycles. The Morgan fingerprint density at radius 2 is 1.96 bits per heavy atom. The summed E-state index contributed by atoms with van der Waals surface area (Å²) in [4.78, 5) is 12.4. The van der Waals surface area contributed by atoms with Gasteiger partial charge < -0.3 is 4.42 Å². The van der Waals surface area contributed by atoms with E-state index in [2.05, 4.69) is 9.62 Å². The van der Waals surface area contributed by atoms with Gasteiger partial charge in [-0.1, -0.05) is 13.8 Å². The lowest BCUT2D eigenvalue weighted by atomic mass is 10.2. The van der Waals surface area contributed by atoms with Gasteiger partial charge in [-0.25, -0.2) is 13.1 Å². The predicted molar refractivity (Wildman–Crippen MR) is 97.4 cm³/mol. The highest BCUT2D eigenvalue weighted by molar-refractivity contribution is 7.89. The molecule has 26 heavy (non-hydrogen) atoms. The van der Waals surface area contributed by atoms with E-state index in [0.717, 1.165) is 13.1 Å². The normalized spacial score (nSPS) is 13.1. The highest BCUT2D eigenvalue weighted by Crippen LogP contribution is 2.23. The van der Waals surface area contributed by atoms with E-state index in [4.69, 9.17) is 4.42 Å². The topological polar surface area (TPSA) is 106 Å². The first-order valence-electron chi connectivity index (χ1n) is 8.32. The standard InChI is InChI=1S/C17H23N3O5S/c1-4-19(5-2)16(17-7-6-10-25-17)12-18-26(23,24)14-8-9-15(20(21)22)13(3)11-14/h6-11,16,18H,4-5,12H2,1-3H3. The molecule has 0 radical (unpaired) electrons. The smallest absolute Gasteiger partial charge is 0.272 e. The molecular formula is C17H23N3O5S. The number of nitrogens with one attached hydrogen (secondary N) is 1. The van der Waals surface area contributed by atoms with E-state index in [1.54, 1.807) is 12.3 Å². The number of sulfonamides is 1. The minimum absolute atomic E-state index is 0.00154. The fourth-order valence-electron chi connectivity index (χ4n) is 2.83. The van der Waals surface area contributed by atoms with Crippen LogP contribution in [0, 0.1) is 17.0 Å². The van der Waals surface area contributed by atoms with Crippen LogP contribution in [0.1, 0.15) is 31.2 Å². The molecule has 0 spiro atoms. The number of aryl methyl sites for hydroxylation is 1. The van der Waals surface area contributed by atoms with E-state index >= 15 is 0 Å².